The Bertz CT molecular complexity index is 995. The molecule has 0 radical (unpaired) electrons. The Morgan fingerprint density at radius 1 is 1.00 bits per heavy atom. The molecule has 0 unspecified atom stereocenters. The van der Waals surface area contributed by atoms with Crippen molar-refractivity contribution in [1.29, 1.82) is 0 Å². The van der Waals surface area contributed by atoms with Crippen LogP contribution >= 0.6 is 0 Å². The van der Waals surface area contributed by atoms with Gasteiger partial charge >= 0.3 is 5.97 Å². The van der Waals surface area contributed by atoms with Crippen molar-refractivity contribution >= 4 is 23.5 Å². The number of benzene rings is 2. The first-order valence-electron chi connectivity index (χ1n) is 9.82. The fourth-order valence-corrected chi connectivity index (χ4v) is 3.29. The van der Waals surface area contributed by atoms with E-state index in [4.69, 9.17) is 14.2 Å². The minimum Gasteiger partial charge on any atom is -0.497 e. The highest BCUT2D eigenvalue weighted by Crippen LogP contribution is 2.26. The van der Waals surface area contributed by atoms with Crippen LogP contribution in [-0.4, -0.2) is 55.8 Å². The molecule has 2 aromatic carbocycles. The van der Waals surface area contributed by atoms with E-state index in [0.717, 1.165) is 10.5 Å². The summed E-state index contributed by atoms with van der Waals surface area (Å²) < 4.78 is 15.6. The molecule has 0 fully saturated rings. The normalized spacial score (nSPS) is 13.3. The third-order valence-electron chi connectivity index (χ3n) is 4.84. The SMILES string of the molecule is CCOC(=O)C/C(CN1C(=O)c2ccccc2C1=O)=N\Cc1ccc(OC)cc1OC. The maximum absolute atomic E-state index is 12.7. The second-order valence-electron chi connectivity index (χ2n) is 6.78. The van der Waals surface area contributed by atoms with Gasteiger partial charge in [-0.2, -0.15) is 0 Å². The molecule has 3 rings (SSSR count). The number of hydrogen-bond donors (Lipinski definition) is 0. The van der Waals surface area contributed by atoms with Crippen LogP contribution in [0.5, 0.6) is 11.5 Å². The first kappa shape index (κ1) is 22.0. The summed E-state index contributed by atoms with van der Waals surface area (Å²) in [5.74, 6) is -0.0559. The molecule has 0 N–H and O–H groups in total. The van der Waals surface area contributed by atoms with Crippen LogP contribution in [0.2, 0.25) is 0 Å². The van der Waals surface area contributed by atoms with Crippen molar-refractivity contribution in [3.8, 4) is 11.5 Å². The summed E-state index contributed by atoms with van der Waals surface area (Å²) in [4.78, 5) is 43.1. The van der Waals surface area contributed by atoms with E-state index in [-0.39, 0.29) is 26.1 Å². The van der Waals surface area contributed by atoms with Crippen molar-refractivity contribution < 1.29 is 28.6 Å². The van der Waals surface area contributed by atoms with Gasteiger partial charge in [0.25, 0.3) is 11.8 Å². The molecule has 0 aromatic heterocycles. The van der Waals surface area contributed by atoms with Gasteiger partial charge in [-0.05, 0) is 31.2 Å². The van der Waals surface area contributed by atoms with Crippen molar-refractivity contribution in [2.24, 2.45) is 4.99 Å². The Labute approximate surface area is 180 Å². The van der Waals surface area contributed by atoms with Crippen LogP contribution in [0.1, 0.15) is 39.6 Å². The topological polar surface area (TPSA) is 94.5 Å². The second kappa shape index (κ2) is 9.88. The van der Waals surface area contributed by atoms with E-state index in [1.807, 2.05) is 6.07 Å². The summed E-state index contributed by atoms with van der Waals surface area (Å²) in [6.07, 6.45) is -0.125. The summed E-state index contributed by atoms with van der Waals surface area (Å²) in [6, 6.07) is 12.0. The average molecular weight is 424 g/mol. The minimum absolute atomic E-state index is 0.0936. The fourth-order valence-electron chi connectivity index (χ4n) is 3.29. The molecule has 1 aliphatic rings. The lowest BCUT2D eigenvalue weighted by molar-refractivity contribution is -0.141. The summed E-state index contributed by atoms with van der Waals surface area (Å²) >= 11 is 0. The number of aliphatic imine (C=N–C) groups is 1. The largest absolute Gasteiger partial charge is 0.497 e. The van der Waals surface area contributed by atoms with Crippen molar-refractivity contribution in [3.63, 3.8) is 0 Å². The zero-order valence-corrected chi connectivity index (χ0v) is 17.7. The van der Waals surface area contributed by atoms with Gasteiger partial charge in [-0.1, -0.05) is 12.1 Å². The van der Waals surface area contributed by atoms with Gasteiger partial charge in [0.2, 0.25) is 0 Å². The first-order chi connectivity index (χ1) is 15.0. The molecule has 0 saturated heterocycles. The number of methoxy groups -OCH3 is 2. The standard InChI is InChI=1S/C23H24N2O6/c1-4-31-21(26)11-16(24-13-15-9-10-17(29-2)12-20(15)30-3)14-25-22(27)18-7-5-6-8-19(18)23(25)28/h5-10,12H,4,11,13-14H2,1-3H3/b24-16+. The summed E-state index contributed by atoms with van der Waals surface area (Å²) in [5.41, 5.74) is 1.83. The maximum atomic E-state index is 12.7. The van der Waals surface area contributed by atoms with Crippen LogP contribution in [0.3, 0.4) is 0 Å². The van der Waals surface area contributed by atoms with Gasteiger partial charge in [-0.25, -0.2) is 0 Å². The molecule has 2 aromatic rings. The van der Waals surface area contributed by atoms with Gasteiger partial charge in [0.05, 0.1) is 51.5 Å². The number of nitrogens with zero attached hydrogens (tertiary/aromatic N) is 2. The summed E-state index contributed by atoms with van der Waals surface area (Å²) in [6.45, 7) is 2.04. The molecule has 0 saturated carbocycles. The molecule has 8 nitrogen and oxygen atoms in total. The predicted molar refractivity (Wildman–Crippen MR) is 114 cm³/mol. The number of amides is 2. The van der Waals surface area contributed by atoms with E-state index >= 15 is 0 Å². The number of hydrogen-bond acceptors (Lipinski definition) is 7. The highest BCUT2D eigenvalue weighted by Gasteiger charge is 2.35. The monoisotopic (exact) mass is 424 g/mol. The van der Waals surface area contributed by atoms with Gasteiger partial charge in [0, 0.05) is 17.3 Å². The Kier molecular flexibility index (Phi) is 7.02. The van der Waals surface area contributed by atoms with Gasteiger partial charge in [0.15, 0.2) is 0 Å². The van der Waals surface area contributed by atoms with Crippen LogP contribution in [0.15, 0.2) is 47.5 Å². The quantitative estimate of drug-likeness (QED) is 0.349. The number of imide groups is 1. The van der Waals surface area contributed by atoms with Crippen LogP contribution < -0.4 is 9.47 Å². The average Bonchev–Trinajstić information content (AvgIpc) is 3.02. The number of ether oxygens (including phenoxy) is 3. The Balaban J connectivity index is 1.85. The predicted octanol–water partition coefficient (Wildman–Crippen LogP) is 2.89. The van der Waals surface area contributed by atoms with E-state index in [2.05, 4.69) is 4.99 Å². The molecular weight excluding hydrogens is 400 g/mol. The summed E-state index contributed by atoms with van der Waals surface area (Å²) in [5, 5.41) is 0. The highest BCUT2D eigenvalue weighted by molar-refractivity contribution is 6.23. The lowest BCUT2D eigenvalue weighted by Gasteiger charge is -2.16. The molecule has 1 aliphatic heterocycles. The zero-order valence-electron chi connectivity index (χ0n) is 17.7. The summed E-state index contributed by atoms with van der Waals surface area (Å²) in [7, 11) is 3.10. The molecular formula is C23H24N2O6. The minimum atomic E-state index is -0.473. The number of carbonyl (C=O) groups excluding carboxylic acids is 3. The molecule has 162 valence electrons. The van der Waals surface area contributed by atoms with E-state index in [9.17, 15) is 14.4 Å². The van der Waals surface area contributed by atoms with E-state index in [1.165, 1.54) is 0 Å². The van der Waals surface area contributed by atoms with E-state index in [0.29, 0.717) is 28.3 Å². The Morgan fingerprint density at radius 2 is 1.68 bits per heavy atom. The van der Waals surface area contributed by atoms with Crippen LogP contribution in [0.25, 0.3) is 0 Å². The van der Waals surface area contributed by atoms with E-state index in [1.54, 1.807) is 57.5 Å². The molecule has 0 atom stereocenters. The van der Waals surface area contributed by atoms with Crippen LogP contribution in [0.4, 0.5) is 0 Å². The first-order valence-corrected chi connectivity index (χ1v) is 9.82. The van der Waals surface area contributed by atoms with Gasteiger partial charge in [-0.15, -0.1) is 0 Å². The van der Waals surface area contributed by atoms with Crippen molar-refractivity contribution in [2.45, 2.75) is 19.9 Å². The van der Waals surface area contributed by atoms with Gasteiger partial charge in [-0.3, -0.25) is 24.3 Å². The number of fused-ring (bicyclic) bond motifs is 1. The number of rotatable bonds is 9. The van der Waals surface area contributed by atoms with Crippen LogP contribution in [-0.2, 0) is 16.1 Å². The second-order valence-corrected chi connectivity index (χ2v) is 6.78. The molecule has 0 bridgehead atoms. The van der Waals surface area contributed by atoms with Crippen LogP contribution in [0, 0.1) is 0 Å². The van der Waals surface area contributed by atoms with Crippen molar-refractivity contribution in [3.05, 3.63) is 59.2 Å². The highest BCUT2D eigenvalue weighted by atomic mass is 16.5. The van der Waals surface area contributed by atoms with Gasteiger partial charge in [0.1, 0.15) is 11.5 Å². The molecule has 0 spiro atoms. The van der Waals surface area contributed by atoms with Crippen molar-refractivity contribution in [2.75, 3.05) is 27.4 Å². The lowest BCUT2D eigenvalue weighted by atomic mass is 10.1. The zero-order chi connectivity index (χ0) is 22.4. The smallest absolute Gasteiger partial charge is 0.311 e. The molecule has 31 heavy (non-hydrogen) atoms. The molecule has 0 aliphatic carbocycles. The fraction of sp³-hybridized carbons (Fsp3) is 0.304. The molecule has 1 heterocycles. The molecule has 8 heteroatoms. The third-order valence-corrected chi connectivity index (χ3v) is 4.84. The number of esters is 1. The molecule has 2 amide bonds. The maximum Gasteiger partial charge on any atom is 0.311 e. The van der Waals surface area contributed by atoms with Crippen molar-refractivity contribution in [1.82, 2.24) is 4.90 Å². The Morgan fingerprint density at radius 3 is 2.26 bits per heavy atom. The third kappa shape index (κ3) is 4.91. The van der Waals surface area contributed by atoms with Gasteiger partial charge < -0.3 is 14.2 Å². The lowest BCUT2D eigenvalue weighted by Crippen LogP contribution is -2.36. The number of carbonyl (C=O) groups is 3. The Hall–Kier alpha value is -3.68. The van der Waals surface area contributed by atoms with E-state index < -0.39 is 17.8 Å².